The highest BCUT2D eigenvalue weighted by Gasteiger charge is 2.06. The summed E-state index contributed by atoms with van der Waals surface area (Å²) in [7, 11) is 0. The molecular weight excluding hydrogens is 185 g/mol. The Kier molecular flexibility index (Phi) is 1.88. The smallest absolute Gasteiger partial charge is 0.125 e. The molecule has 0 amide bonds. The van der Waals surface area contributed by atoms with E-state index in [0.29, 0.717) is 0 Å². The Hall–Kier alpha value is -1.22. The molecule has 0 radical (unpaired) electrons. The normalized spacial score (nSPS) is 10.6. The van der Waals surface area contributed by atoms with Gasteiger partial charge in [-0.15, -0.1) is 11.3 Å². The zero-order valence-electron chi connectivity index (χ0n) is 7.17. The number of thiazole rings is 1. The van der Waals surface area contributed by atoms with Gasteiger partial charge in [-0.2, -0.15) is 0 Å². The third kappa shape index (κ3) is 1.35. The first-order valence-electron chi connectivity index (χ1n) is 3.87. The second kappa shape index (κ2) is 2.92. The van der Waals surface area contributed by atoms with Crippen LogP contribution in [-0.4, -0.2) is 4.98 Å². The van der Waals surface area contributed by atoms with Gasteiger partial charge in [-0.05, 0) is 24.6 Å². The maximum atomic E-state index is 13.1. The molecule has 0 aliphatic carbocycles. The predicted molar refractivity (Wildman–Crippen MR) is 54.3 cm³/mol. The van der Waals surface area contributed by atoms with Crippen LogP contribution < -0.4 is 0 Å². The van der Waals surface area contributed by atoms with Gasteiger partial charge in [0, 0.05) is 5.56 Å². The van der Waals surface area contributed by atoms with Crippen molar-refractivity contribution in [3.8, 4) is 0 Å². The first-order chi connectivity index (χ1) is 6.18. The van der Waals surface area contributed by atoms with Crippen molar-refractivity contribution in [2.75, 3.05) is 0 Å². The third-order valence-corrected chi connectivity index (χ3v) is 2.64. The molecule has 3 heteroatoms. The quantitative estimate of drug-likeness (QED) is 0.675. The molecule has 1 nitrogen and oxygen atoms in total. The Balaban J connectivity index is 2.84. The Morgan fingerprint density at radius 1 is 1.54 bits per heavy atom. The summed E-state index contributed by atoms with van der Waals surface area (Å²) >= 11 is 1.44. The van der Waals surface area contributed by atoms with Crippen LogP contribution in [0.5, 0.6) is 0 Å². The van der Waals surface area contributed by atoms with Crippen LogP contribution in [0.15, 0.2) is 24.2 Å². The molecule has 0 N–H and O–H groups in total. The van der Waals surface area contributed by atoms with Gasteiger partial charge in [0.05, 0.1) is 15.7 Å². The second-order valence-corrected chi connectivity index (χ2v) is 3.82. The van der Waals surface area contributed by atoms with Crippen molar-refractivity contribution >= 4 is 27.1 Å². The lowest BCUT2D eigenvalue weighted by Crippen LogP contribution is -1.83. The van der Waals surface area contributed by atoms with E-state index in [0.717, 1.165) is 21.4 Å². The molecule has 0 saturated heterocycles. The number of benzene rings is 1. The number of aromatic nitrogens is 1. The first kappa shape index (κ1) is 8.38. The highest BCUT2D eigenvalue weighted by atomic mass is 32.1. The lowest BCUT2D eigenvalue weighted by atomic mass is 10.1. The minimum Gasteiger partial charge on any atom is -0.244 e. The van der Waals surface area contributed by atoms with E-state index in [4.69, 9.17) is 0 Å². The van der Waals surface area contributed by atoms with E-state index in [2.05, 4.69) is 11.6 Å². The van der Waals surface area contributed by atoms with Crippen LogP contribution in [0.1, 0.15) is 12.5 Å². The fraction of sp³-hybridized carbons (Fsp3) is 0.100. The summed E-state index contributed by atoms with van der Waals surface area (Å²) in [6.07, 6.45) is 0. The van der Waals surface area contributed by atoms with Crippen LogP contribution in [0, 0.1) is 5.82 Å². The molecule has 2 rings (SSSR count). The van der Waals surface area contributed by atoms with E-state index in [9.17, 15) is 4.39 Å². The maximum absolute atomic E-state index is 13.1. The SMILES string of the molecule is C=C(C)c1cc(F)cc2scnc12. The van der Waals surface area contributed by atoms with Crippen LogP contribution in [0.25, 0.3) is 15.8 Å². The molecule has 0 saturated carbocycles. The monoisotopic (exact) mass is 193 g/mol. The Bertz CT molecular complexity index is 473. The minimum absolute atomic E-state index is 0.227. The van der Waals surface area contributed by atoms with Gasteiger partial charge in [0.15, 0.2) is 0 Å². The lowest BCUT2D eigenvalue weighted by molar-refractivity contribution is 0.629. The third-order valence-electron chi connectivity index (χ3n) is 1.86. The van der Waals surface area contributed by atoms with Gasteiger partial charge >= 0.3 is 0 Å². The molecule has 0 aliphatic heterocycles. The number of hydrogen-bond donors (Lipinski definition) is 0. The number of hydrogen-bond acceptors (Lipinski definition) is 2. The summed E-state index contributed by atoms with van der Waals surface area (Å²) in [4.78, 5) is 4.17. The summed E-state index contributed by atoms with van der Waals surface area (Å²) in [5.74, 6) is -0.227. The number of nitrogens with zero attached hydrogens (tertiary/aromatic N) is 1. The first-order valence-corrected chi connectivity index (χ1v) is 4.75. The Morgan fingerprint density at radius 3 is 3.00 bits per heavy atom. The van der Waals surface area contributed by atoms with Crippen molar-refractivity contribution in [1.29, 1.82) is 0 Å². The molecule has 0 atom stereocenters. The number of halogens is 1. The molecular formula is C10H8FNS. The standard InChI is InChI=1S/C10H8FNS/c1-6(2)8-3-7(11)4-9-10(8)12-5-13-9/h3-5H,1H2,2H3. The van der Waals surface area contributed by atoms with Gasteiger partial charge in [0.25, 0.3) is 0 Å². The molecule has 0 bridgehead atoms. The van der Waals surface area contributed by atoms with Crippen LogP contribution in [0.2, 0.25) is 0 Å². The molecule has 13 heavy (non-hydrogen) atoms. The fourth-order valence-corrected chi connectivity index (χ4v) is 1.98. The summed E-state index contributed by atoms with van der Waals surface area (Å²) in [5, 5.41) is 0. The molecule has 0 spiro atoms. The summed E-state index contributed by atoms with van der Waals surface area (Å²) in [6, 6.07) is 2.98. The van der Waals surface area contributed by atoms with E-state index in [-0.39, 0.29) is 5.82 Å². The van der Waals surface area contributed by atoms with Crippen LogP contribution in [0.4, 0.5) is 4.39 Å². The molecule has 0 unspecified atom stereocenters. The molecule has 66 valence electrons. The molecule has 1 heterocycles. The Labute approximate surface area is 79.5 Å². The summed E-state index contributed by atoms with van der Waals surface area (Å²) in [6.45, 7) is 5.65. The highest BCUT2D eigenvalue weighted by molar-refractivity contribution is 7.16. The zero-order valence-corrected chi connectivity index (χ0v) is 7.99. The predicted octanol–water partition coefficient (Wildman–Crippen LogP) is 3.47. The molecule has 2 aromatic rings. The average molecular weight is 193 g/mol. The van der Waals surface area contributed by atoms with Crippen molar-refractivity contribution < 1.29 is 4.39 Å². The van der Waals surface area contributed by atoms with Gasteiger partial charge in [-0.3, -0.25) is 0 Å². The minimum atomic E-state index is -0.227. The fourth-order valence-electron chi connectivity index (χ4n) is 1.26. The van der Waals surface area contributed by atoms with Gasteiger partial charge in [-0.25, -0.2) is 9.37 Å². The molecule has 1 aromatic carbocycles. The van der Waals surface area contributed by atoms with Gasteiger partial charge < -0.3 is 0 Å². The van der Waals surface area contributed by atoms with Crippen molar-refractivity contribution in [2.45, 2.75) is 6.92 Å². The van der Waals surface area contributed by atoms with Crippen molar-refractivity contribution in [3.63, 3.8) is 0 Å². The van der Waals surface area contributed by atoms with E-state index < -0.39 is 0 Å². The van der Waals surface area contributed by atoms with Crippen molar-refractivity contribution in [2.24, 2.45) is 0 Å². The van der Waals surface area contributed by atoms with Gasteiger partial charge in [0.1, 0.15) is 5.82 Å². The van der Waals surface area contributed by atoms with Crippen LogP contribution in [0.3, 0.4) is 0 Å². The molecule has 0 fully saturated rings. The summed E-state index contributed by atoms with van der Waals surface area (Å²) < 4.78 is 13.9. The van der Waals surface area contributed by atoms with Gasteiger partial charge in [-0.1, -0.05) is 6.58 Å². The van der Waals surface area contributed by atoms with Crippen molar-refractivity contribution in [3.05, 3.63) is 35.6 Å². The van der Waals surface area contributed by atoms with Crippen LogP contribution in [-0.2, 0) is 0 Å². The number of allylic oxidation sites excluding steroid dienone is 1. The Morgan fingerprint density at radius 2 is 2.31 bits per heavy atom. The van der Waals surface area contributed by atoms with Crippen molar-refractivity contribution in [1.82, 2.24) is 4.98 Å². The molecule has 1 aromatic heterocycles. The average Bonchev–Trinajstić information content (AvgIpc) is 2.49. The van der Waals surface area contributed by atoms with E-state index in [1.165, 1.54) is 23.5 Å². The maximum Gasteiger partial charge on any atom is 0.125 e. The van der Waals surface area contributed by atoms with E-state index in [1.807, 2.05) is 6.92 Å². The topological polar surface area (TPSA) is 12.9 Å². The highest BCUT2D eigenvalue weighted by Crippen LogP contribution is 2.26. The van der Waals surface area contributed by atoms with Gasteiger partial charge in [0.2, 0.25) is 0 Å². The van der Waals surface area contributed by atoms with E-state index in [1.54, 1.807) is 5.51 Å². The van der Waals surface area contributed by atoms with Crippen LogP contribution >= 0.6 is 11.3 Å². The second-order valence-electron chi connectivity index (χ2n) is 2.93. The number of fused-ring (bicyclic) bond motifs is 1. The largest absolute Gasteiger partial charge is 0.244 e. The number of rotatable bonds is 1. The zero-order chi connectivity index (χ0) is 9.42. The lowest BCUT2D eigenvalue weighted by Gasteiger charge is -2.00. The summed E-state index contributed by atoms with van der Waals surface area (Å²) in [5.41, 5.74) is 4.21. The molecule has 0 aliphatic rings. The van der Waals surface area contributed by atoms with E-state index >= 15 is 0 Å².